The molecule has 0 aliphatic carbocycles. The molecule has 1 aromatic carbocycles. The van der Waals surface area contributed by atoms with Crippen molar-refractivity contribution < 1.29 is 23.6 Å². The van der Waals surface area contributed by atoms with E-state index >= 15 is 0 Å². The Morgan fingerprint density at radius 1 is 1.15 bits per heavy atom. The Morgan fingerprint density at radius 2 is 1.96 bits per heavy atom. The highest BCUT2D eigenvalue weighted by molar-refractivity contribution is 6.26. The second-order valence-electron chi connectivity index (χ2n) is 6.76. The molecule has 8 nitrogen and oxygen atoms in total. The summed E-state index contributed by atoms with van der Waals surface area (Å²) >= 11 is 0. The Kier molecular flexibility index (Phi) is 3.83. The summed E-state index contributed by atoms with van der Waals surface area (Å²) < 4.78 is 5.27. The number of carbonyl (C=O) groups is 4. The summed E-state index contributed by atoms with van der Waals surface area (Å²) in [5.41, 5.74) is -0.463. The Labute approximate surface area is 154 Å². The van der Waals surface area contributed by atoms with E-state index in [1.165, 1.54) is 6.92 Å². The number of furan rings is 1. The highest BCUT2D eigenvalue weighted by Crippen LogP contribution is 2.37. The first kappa shape index (κ1) is 17.0. The number of anilines is 1. The highest BCUT2D eigenvalue weighted by Gasteiger charge is 2.53. The van der Waals surface area contributed by atoms with Crippen molar-refractivity contribution in [1.82, 2.24) is 10.2 Å². The summed E-state index contributed by atoms with van der Waals surface area (Å²) in [6, 6.07) is 8.48. The van der Waals surface area contributed by atoms with E-state index in [1.807, 2.05) is 0 Å². The molecule has 2 aliphatic heterocycles. The zero-order valence-electron chi connectivity index (χ0n) is 14.6. The number of amides is 4. The Hall–Kier alpha value is -3.42. The van der Waals surface area contributed by atoms with Gasteiger partial charge in [-0.3, -0.25) is 29.4 Å². The maximum absolute atomic E-state index is 13.1. The van der Waals surface area contributed by atoms with Gasteiger partial charge in [0.2, 0.25) is 5.91 Å². The monoisotopic (exact) mass is 367 g/mol. The van der Waals surface area contributed by atoms with Gasteiger partial charge in [0.1, 0.15) is 11.3 Å². The lowest BCUT2D eigenvalue weighted by molar-refractivity contribution is -0.140. The fourth-order valence-corrected chi connectivity index (χ4v) is 3.48. The van der Waals surface area contributed by atoms with E-state index in [0.717, 1.165) is 4.90 Å². The van der Waals surface area contributed by atoms with Crippen LogP contribution in [0, 0.1) is 0 Å². The van der Waals surface area contributed by atoms with Crippen LogP contribution in [0.25, 0.3) is 0 Å². The number of carbonyl (C=O) groups excluding carboxylic acids is 4. The molecule has 1 saturated heterocycles. The molecule has 4 amide bonds. The topological polar surface area (TPSA) is 109 Å². The lowest BCUT2D eigenvalue weighted by Crippen LogP contribution is -2.62. The van der Waals surface area contributed by atoms with Gasteiger partial charge >= 0.3 is 0 Å². The fraction of sp³-hybridized carbons (Fsp3) is 0.263. The largest absolute Gasteiger partial charge is 0.467 e. The molecule has 8 heteroatoms. The molecule has 4 rings (SSSR count). The van der Waals surface area contributed by atoms with Crippen LogP contribution in [-0.4, -0.2) is 34.1 Å². The SMILES string of the molecule is CC1(N2C(=O)c3cccc(NCc4ccco4)c3C2=O)CCC(=O)NC1=O. The van der Waals surface area contributed by atoms with E-state index in [1.54, 1.807) is 36.6 Å². The van der Waals surface area contributed by atoms with Gasteiger partial charge in [-0.1, -0.05) is 6.07 Å². The Bertz CT molecular complexity index is 966. The number of imide groups is 2. The molecule has 1 atom stereocenters. The number of nitrogens with one attached hydrogen (secondary N) is 2. The molecule has 138 valence electrons. The molecule has 27 heavy (non-hydrogen) atoms. The van der Waals surface area contributed by atoms with E-state index in [4.69, 9.17) is 4.42 Å². The smallest absolute Gasteiger partial charge is 0.264 e. The fourth-order valence-electron chi connectivity index (χ4n) is 3.48. The van der Waals surface area contributed by atoms with Crippen LogP contribution < -0.4 is 10.6 Å². The molecule has 0 bridgehead atoms. The summed E-state index contributed by atoms with van der Waals surface area (Å²) in [4.78, 5) is 50.9. The average molecular weight is 367 g/mol. The lowest BCUT2D eigenvalue weighted by Gasteiger charge is -2.38. The number of nitrogens with zero attached hydrogens (tertiary/aromatic N) is 1. The van der Waals surface area contributed by atoms with Crippen LogP contribution in [0.5, 0.6) is 0 Å². The molecule has 1 fully saturated rings. The van der Waals surface area contributed by atoms with Crippen molar-refractivity contribution in [2.75, 3.05) is 5.32 Å². The van der Waals surface area contributed by atoms with Crippen LogP contribution in [0.15, 0.2) is 41.0 Å². The maximum atomic E-state index is 13.1. The van der Waals surface area contributed by atoms with Crippen LogP contribution in [-0.2, 0) is 16.1 Å². The zero-order chi connectivity index (χ0) is 19.2. The molecule has 0 spiro atoms. The number of hydrogen-bond acceptors (Lipinski definition) is 6. The normalized spacial score (nSPS) is 22.0. The van der Waals surface area contributed by atoms with Gasteiger partial charge in [-0.15, -0.1) is 0 Å². The van der Waals surface area contributed by atoms with Gasteiger partial charge in [-0.05, 0) is 37.6 Å². The van der Waals surface area contributed by atoms with E-state index in [-0.39, 0.29) is 24.0 Å². The van der Waals surface area contributed by atoms with Crippen molar-refractivity contribution in [3.8, 4) is 0 Å². The number of piperidine rings is 1. The van der Waals surface area contributed by atoms with Crippen LogP contribution in [0.2, 0.25) is 0 Å². The van der Waals surface area contributed by atoms with E-state index in [0.29, 0.717) is 18.0 Å². The number of fused-ring (bicyclic) bond motifs is 1. The molecule has 1 unspecified atom stereocenters. The van der Waals surface area contributed by atoms with Crippen molar-refractivity contribution in [1.29, 1.82) is 0 Å². The summed E-state index contributed by atoms with van der Waals surface area (Å²) in [5.74, 6) is -1.46. The van der Waals surface area contributed by atoms with Crippen molar-refractivity contribution in [2.24, 2.45) is 0 Å². The van der Waals surface area contributed by atoms with Crippen LogP contribution in [0.4, 0.5) is 5.69 Å². The standard InChI is InChI=1S/C19H17N3O5/c1-19(8-7-14(23)21-18(19)26)22-16(24)12-5-2-6-13(15(12)17(22)25)20-10-11-4-3-9-27-11/h2-6,9,20H,7-8,10H2,1H3,(H,21,23,26). The van der Waals surface area contributed by atoms with Gasteiger partial charge in [0, 0.05) is 12.1 Å². The minimum atomic E-state index is -1.40. The lowest BCUT2D eigenvalue weighted by atomic mass is 9.89. The first-order valence-electron chi connectivity index (χ1n) is 8.54. The second kappa shape index (κ2) is 6.08. The second-order valence-corrected chi connectivity index (χ2v) is 6.76. The molecule has 1 aromatic heterocycles. The van der Waals surface area contributed by atoms with Gasteiger partial charge in [0.05, 0.1) is 23.9 Å². The first-order valence-corrected chi connectivity index (χ1v) is 8.54. The van der Waals surface area contributed by atoms with Gasteiger partial charge in [-0.25, -0.2) is 0 Å². The predicted molar refractivity (Wildman–Crippen MR) is 93.8 cm³/mol. The summed E-state index contributed by atoms with van der Waals surface area (Å²) in [7, 11) is 0. The predicted octanol–water partition coefficient (Wildman–Crippen LogP) is 1.68. The molecule has 2 aliphatic rings. The minimum absolute atomic E-state index is 0.0687. The van der Waals surface area contributed by atoms with Crippen molar-refractivity contribution in [2.45, 2.75) is 31.8 Å². The summed E-state index contributed by atoms with van der Waals surface area (Å²) in [5, 5.41) is 5.33. The quantitative estimate of drug-likeness (QED) is 0.796. The van der Waals surface area contributed by atoms with Gasteiger partial charge in [0.25, 0.3) is 17.7 Å². The van der Waals surface area contributed by atoms with Crippen LogP contribution in [0.1, 0.15) is 46.2 Å². The molecular formula is C19H17N3O5. The molecular weight excluding hydrogens is 350 g/mol. The number of rotatable bonds is 4. The number of hydrogen-bond donors (Lipinski definition) is 2. The average Bonchev–Trinajstić information content (AvgIpc) is 3.25. The van der Waals surface area contributed by atoms with Crippen molar-refractivity contribution in [3.63, 3.8) is 0 Å². The van der Waals surface area contributed by atoms with Crippen molar-refractivity contribution in [3.05, 3.63) is 53.5 Å². The number of benzene rings is 1. The third kappa shape index (κ3) is 2.61. The minimum Gasteiger partial charge on any atom is -0.467 e. The van der Waals surface area contributed by atoms with Gasteiger partial charge in [-0.2, -0.15) is 0 Å². The zero-order valence-corrected chi connectivity index (χ0v) is 14.6. The molecule has 0 radical (unpaired) electrons. The Balaban J connectivity index is 1.67. The third-order valence-corrected chi connectivity index (χ3v) is 5.02. The maximum Gasteiger partial charge on any atom is 0.264 e. The molecule has 3 heterocycles. The molecule has 2 aromatic rings. The van der Waals surface area contributed by atoms with Crippen LogP contribution >= 0.6 is 0 Å². The summed E-state index contributed by atoms with van der Waals surface area (Å²) in [6.07, 6.45) is 1.71. The molecule has 0 saturated carbocycles. The van der Waals surface area contributed by atoms with E-state index < -0.39 is 29.2 Å². The van der Waals surface area contributed by atoms with Crippen LogP contribution in [0.3, 0.4) is 0 Å². The summed E-state index contributed by atoms with van der Waals surface area (Å²) in [6.45, 7) is 1.85. The van der Waals surface area contributed by atoms with Gasteiger partial charge in [0.15, 0.2) is 0 Å². The molecule has 2 N–H and O–H groups in total. The third-order valence-electron chi connectivity index (χ3n) is 5.02. The van der Waals surface area contributed by atoms with E-state index in [9.17, 15) is 19.2 Å². The first-order chi connectivity index (χ1) is 12.9. The van der Waals surface area contributed by atoms with E-state index in [2.05, 4.69) is 10.6 Å². The van der Waals surface area contributed by atoms with Crippen molar-refractivity contribution >= 4 is 29.3 Å². The highest BCUT2D eigenvalue weighted by atomic mass is 16.3. The van der Waals surface area contributed by atoms with Gasteiger partial charge < -0.3 is 9.73 Å². The Morgan fingerprint density at radius 3 is 2.67 bits per heavy atom.